The van der Waals surface area contributed by atoms with Gasteiger partial charge in [-0.05, 0) is 159 Å². The zero-order chi connectivity index (χ0) is 37.9. The van der Waals surface area contributed by atoms with E-state index in [1.54, 1.807) is 12.1 Å². The van der Waals surface area contributed by atoms with Crippen LogP contribution >= 0.6 is 0 Å². The van der Waals surface area contributed by atoms with Crippen LogP contribution in [0, 0.1) is 56.7 Å². The Labute approximate surface area is 313 Å². The third kappa shape index (κ3) is 6.09. The molecule has 3 N–H and O–H groups in total. The molecule has 7 heteroatoms. The Bertz CT molecular complexity index is 1600. The number of aliphatic carboxylic acids is 1. The van der Waals surface area contributed by atoms with Crippen molar-refractivity contribution in [1.29, 1.82) is 0 Å². The third-order valence-corrected chi connectivity index (χ3v) is 16.6. The average molecular weight is 715 g/mol. The van der Waals surface area contributed by atoms with Gasteiger partial charge in [-0.15, -0.1) is 0 Å². The number of likely N-dealkylation sites (N-methyl/N-ethyl adjacent to an activating group) is 1. The molecule has 0 spiro atoms. The summed E-state index contributed by atoms with van der Waals surface area (Å²) in [5, 5.41) is 22.0. The van der Waals surface area contributed by atoms with Crippen LogP contribution in [0.3, 0.4) is 0 Å². The van der Waals surface area contributed by atoms with Gasteiger partial charge in [0.2, 0.25) is 5.91 Å². The lowest BCUT2D eigenvalue weighted by atomic mass is 9.32. The Morgan fingerprint density at radius 3 is 2.23 bits per heavy atom. The summed E-state index contributed by atoms with van der Waals surface area (Å²) >= 11 is 0. The summed E-state index contributed by atoms with van der Waals surface area (Å²) in [5.41, 5.74) is 4.19. The summed E-state index contributed by atoms with van der Waals surface area (Å²) in [4.78, 5) is 39.4. The Hall–Kier alpha value is -2.93. The zero-order valence-corrected chi connectivity index (χ0v) is 33.2. The van der Waals surface area contributed by atoms with Crippen molar-refractivity contribution in [2.75, 3.05) is 26.2 Å². The fourth-order valence-electron chi connectivity index (χ4n) is 13.8. The van der Waals surface area contributed by atoms with Gasteiger partial charge in [-0.2, -0.15) is 0 Å². The van der Waals surface area contributed by atoms with Crippen LogP contribution in [0.2, 0.25) is 0 Å². The van der Waals surface area contributed by atoms with E-state index in [0.29, 0.717) is 48.1 Å². The van der Waals surface area contributed by atoms with E-state index in [1.165, 1.54) is 36.8 Å². The van der Waals surface area contributed by atoms with Crippen molar-refractivity contribution in [3.05, 3.63) is 53.6 Å². The molecule has 0 bridgehead atoms. The number of amides is 1. The number of carboxylic acid groups (broad SMARTS) is 2. The second kappa shape index (κ2) is 14.0. The number of hydrogen-bond acceptors (Lipinski definition) is 4. The Morgan fingerprint density at radius 2 is 1.60 bits per heavy atom. The first-order chi connectivity index (χ1) is 24.5. The van der Waals surface area contributed by atoms with Crippen LogP contribution in [-0.4, -0.2) is 59.1 Å². The molecule has 4 fully saturated rings. The summed E-state index contributed by atoms with van der Waals surface area (Å²) in [6.07, 6.45) is 13.1. The number of allylic oxidation sites excluding steroid dienone is 3. The molecule has 1 aromatic carbocycles. The van der Waals surface area contributed by atoms with Crippen LogP contribution in [0.25, 0.3) is 5.57 Å². The van der Waals surface area contributed by atoms with E-state index in [1.807, 2.05) is 12.1 Å². The number of hydrogen-bond donors (Lipinski definition) is 3. The summed E-state index contributed by atoms with van der Waals surface area (Å²) in [5.74, 6) is 0.903. The minimum Gasteiger partial charge on any atom is -0.481 e. The highest BCUT2D eigenvalue weighted by atomic mass is 16.4. The van der Waals surface area contributed by atoms with Gasteiger partial charge in [0.15, 0.2) is 0 Å². The number of carbonyl (C=O) groups excluding carboxylic acids is 1. The number of carbonyl (C=O) groups is 3. The highest BCUT2D eigenvalue weighted by Gasteiger charge is 2.71. The van der Waals surface area contributed by atoms with Crippen LogP contribution < -0.4 is 5.32 Å². The predicted octanol–water partition coefficient (Wildman–Crippen LogP) is 9.34. The van der Waals surface area contributed by atoms with E-state index < -0.39 is 11.9 Å². The predicted molar refractivity (Wildman–Crippen MR) is 208 cm³/mol. The topological polar surface area (TPSA) is 107 Å². The molecule has 5 aliphatic carbocycles. The normalized spacial score (nSPS) is 37.5. The summed E-state index contributed by atoms with van der Waals surface area (Å²) < 4.78 is 0. The Morgan fingerprint density at radius 1 is 0.885 bits per heavy atom. The molecule has 0 saturated heterocycles. The molecule has 0 aromatic heterocycles. The standard InChI is InChI=1S/C45H66N2O5/c1-9-47(27-10-11-37(48)49)28-26-46-40(52)45-23-18-32(29(2)3)38(45)34-16-17-36-42(6)21-19-33(30-12-14-31(15-13-30)39(50)51)41(4,5)35(42)20-22-44(36,8)43(34,7)24-25-45/h12-15,19,32,34-36,38H,2,9-11,16-18,20-28H2,1,3-8H3,(H,46,52)(H,48,49)(H,50,51)/t32-,34+,35?,36?,38?,42-,43+,44+,45-/m0/s1. The molecule has 0 radical (unpaired) electrons. The lowest BCUT2D eigenvalue weighted by molar-refractivity contribution is -0.225. The number of aromatic carboxylic acids is 1. The van der Waals surface area contributed by atoms with Crippen LogP contribution in [0.4, 0.5) is 0 Å². The molecule has 9 atom stereocenters. The zero-order valence-electron chi connectivity index (χ0n) is 33.2. The first kappa shape index (κ1) is 38.8. The van der Waals surface area contributed by atoms with E-state index in [2.05, 4.69) is 71.3 Å². The third-order valence-electron chi connectivity index (χ3n) is 16.6. The summed E-state index contributed by atoms with van der Waals surface area (Å²) in [7, 11) is 0. The molecule has 52 heavy (non-hydrogen) atoms. The number of nitrogens with one attached hydrogen (secondary N) is 1. The monoisotopic (exact) mass is 714 g/mol. The minimum absolute atomic E-state index is 0.0310. The highest BCUT2D eigenvalue weighted by Crippen LogP contribution is 2.77. The molecule has 1 amide bonds. The molecule has 3 unspecified atom stereocenters. The van der Waals surface area contributed by atoms with Gasteiger partial charge in [-0.25, -0.2) is 4.79 Å². The molecule has 4 saturated carbocycles. The van der Waals surface area contributed by atoms with Gasteiger partial charge >= 0.3 is 11.9 Å². The van der Waals surface area contributed by atoms with Crippen LogP contribution in [0.15, 0.2) is 42.5 Å². The molecular formula is C45H66N2O5. The van der Waals surface area contributed by atoms with Crippen LogP contribution in [0.1, 0.15) is 135 Å². The maximum Gasteiger partial charge on any atom is 0.335 e. The summed E-state index contributed by atoms with van der Waals surface area (Å²) in [6.45, 7) is 24.5. The molecule has 0 heterocycles. The molecule has 286 valence electrons. The van der Waals surface area contributed by atoms with Crippen molar-refractivity contribution in [2.24, 2.45) is 56.7 Å². The van der Waals surface area contributed by atoms with Crippen molar-refractivity contribution < 1.29 is 24.6 Å². The summed E-state index contributed by atoms with van der Waals surface area (Å²) in [6, 6.07) is 7.51. The van der Waals surface area contributed by atoms with Crippen molar-refractivity contribution in [2.45, 2.75) is 119 Å². The molecule has 7 nitrogen and oxygen atoms in total. The Balaban J connectivity index is 1.24. The molecule has 1 aromatic rings. The fraction of sp³-hybridized carbons (Fsp3) is 0.711. The minimum atomic E-state index is -0.885. The van der Waals surface area contributed by atoms with Crippen LogP contribution in [0.5, 0.6) is 0 Å². The van der Waals surface area contributed by atoms with E-state index >= 15 is 0 Å². The smallest absolute Gasteiger partial charge is 0.335 e. The first-order valence-corrected chi connectivity index (χ1v) is 20.4. The van der Waals surface area contributed by atoms with Crippen molar-refractivity contribution in [1.82, 2.24) is 10.2 Å². The van der Waals surface area contributed by atoms with Gasteiger partial charge in [0.25, 0.3) is 0 Å². The molecular weight excluding hydrogens is 649 g/mol. The van der Waals surface area contributed by atoms with E-state index in [0.717, 1.165) is 57.3 Å². The quantitative estimate of drug-likeness (QED) is 0.186. The van der Waals surface area contributed by atoms with Gasteiger partial charge in [-0.3, -0.25) is 9.59 Å². The lowest BCUT2D eigenvalue weighted by Crippen LogP contribution is -2.66. The van der Waals surface area contributed by atoms with Gasteiger partial charge in [0, 0.05) is 19.5 Å². The van der Waals surface area contributed by atoms with E-state index in [4.69, 9.17) is 5.11 Å². The van der Waals surface area contributed by atoms with Gasteiger partial charge in [0.1, 0.15) is 0 Å². The number of fused-ring (bicyclic) bond motifs is 7. The average Bonchev–Trinajstić information content (AvgIpc) is 3.49. The highest BCUT2D eigenvalue weighted by molar-refractivity contribution is 5.88. The molecule has 0 aliphatic heterocycles. The SMILES string of the molecule is C=C(C)[C@@H]1CC[C@]2(C(=O)NCCN(CC)CCCC(=O)O)CC[C@]3(C)[C@H](CCC4[C@@]5(C)CC=C(c6ccc(C(=O)O)cc6)C(C)(C)C5CC[C@]43C)C12. The first-order valence-electron chi connectivity index (χ1n) is 20.4. The largest absolute Gasteiger partial charge is 0.481 e. The second-order valence-corrected chi connectivity index (χ2v) is 19.0. The van der Waals surface area contributed by atoms with E-state index in [9.17, 15) is 19.5 Å². The number of benzene rings is 1. The van der Waals surface area contributed by atoms with Gasteiger partial charge in [0.05, 0.1) is 11.0 Å². The molecule has 6 rings (SSSR count). The van der Waals surface area contributed by atoms with Crippen LogP contribution in [-0.2, 0) is 9.59 Å². The Kier molecular flexibility index (Phi) is 10.5. The number of rotatable bonds is 12. The van der Waals surface area contributed by atoms with Gasteiger partial charge < -0.3 is 20.4 Å². The maximum absolute atomic E-state index is 14.5. The fourth-order valence-corrected chi connectivity index (χ4v) is 13.8. The van der Waals surface area contributed by atoms with Crippen molar-refractivity contribution >= 4 is 23.4 Å². The van der Waals surface area contributed by atoms with Crippen molar-refractivity contribution in [3.8, 4) is 0 Å². The molecule has 5 aliphatic rings. The van der Waals surface area contributed by atoms with Crippen molar-refractivity contribution in [3.63, 3.8) is 0 Å². The maximum atomic E-state index is 14.5. The lowest BCUT2D eigenvalue weighted by Gasteiger charge is -2.72. The van der Waals surface area contributed by atoms with Gasteiger partial charge in [-0.1, -0.05) is 71.9 Å². The number of carboxylic acids is 2. The van der Waals surface area contributed by atoms with E-state index in [-0.39, 0.29) is 39.4 Å². The number of nitrogens with zero attached hydrogens (tertiary/aromatic N) is 1. The second-order valence-electron chi connectivity index (χ2n) is 19.0.